The van der Waals surface area contributed by atoms with Gasteiger partial charge in [0.15, 0.2) is 9.84 Å². The van der Waals surface area contributed by atoms with E-state index in [9.17, 15) is 18.0 Å². The van der Waals surface area contributed by atoms with E-state index in [0.29, 0.717) is 29.2 Å². The molecule has 1 aromatic carbocycles. The molecule has 0 aliphatic carbocycles. The smallest absolute Gasteiger partial charge is 0.267 e. The first-order valence-electron chi connectivity index (χ1n) is 9.49. The maximum Gasteiger partial charge on any atom is 0.267 e. The first-order chi connectivity index (χ1) is 13.7. The summed E-state index contributed by atoms with van der Waals surface area (Å²) in [6.07, 6.45) is 0.419. The number of rotatable bonds is 6. The van der Waals surface area contributed by atoms with Gasteiger partial charge in [0, 0.05) is 24.2 Å². The second-order valence-electron chi connectivity index (χ2n) is 7.69. The predicted molar refractivity (Wildman–Crippen MR) is 113 cm³/mol. The molecule has 0 spiro atoms. The van der Waals surface area contributed by atoms with Crippen molar-refractivity contribution in [2.45, 2.75) is 32.9 Å². The van der Waals surface area contributed by atoms with Crippen LogP contribution in [-0.2, 0) is 21.2 Å². The summed E-state index contributed by atoms with van der Waals surface area (Å²) in [6, 6.07) is 9.68. The zero-order valence-electron chi connectivity index (χ0n) is 16.4. The number of hydrogen-bond donors (Lipinski definition) is 0. The SMILES string of the molecule is CC(C)CN(C(=O)Cn1nc(-c2ccccc2Cl)ccc1=O)[C@@H]1CCS(=O)(=O)C1. The van der Waals surface area contributed by atoms with Crippen molar-refractivity contribution in [1.82, 2.24) is 14.7 Å². The van der Waals surface area contributed by atoms with Gasteiger partial charge >= 0.3 is 0 Å². The molecule has 0 radical (unpaired) electrons. The summed E-state index contributed by atoms with van der Waals surface area (Å²) in [6.45, 7) is 4.11. The highest BCUT2D eigenvalue weighted by Crippen LogP contribution is 2.25. The normalized spacial score (nSPS) is 18.1. The van der Waals surface area contributed by atoms with Crippen molar-refractivity contribution in [1.29, 1.82) is 0 Å². The minimum Gasteiger partial charge on any atom is -0.337 e. The minimum atomic E-state index is -3.13. The zero-order valence-corrected chi connectivity index (χ0v) is 18.0. The van der Waals surface area contributed by atoms with E-state index in [-0.39, 0.29) is 35.9 Å². The summed E-state index contributed by atoms with van der Waals surface area (Å²) in [5, 5.41) is 4.81. The molecule has 0 bridgehead atoms. The van der Waals surface area contributed by atoms with Crippen LogP contribution in [0.4, 0.5) is 0 Å². The Morgan fingerprint density at radius 1 is 1.28 bits per heavy atom. The summed E-state index contributed by atoms with van der Waals surface area (Å²) >= 11 is 6.22. The van der Waals surface area contributed by atoms with E-state index < -0.39 is 15.4 Å². The van der Waals surface area contributed by atoms with Gasteiger partial charge in [-0.3, -0.25) is 9.59 Å². The second kappa shape index (κ2) is 8.67. The molecule has 156 valence electrons. The van der Waals surface area contributed by atoms with Gasteiger partial charge in [0.1, 0.15) is 6.54 Å². The van der Waals surface area contributed by atoms with E-state index in [4.69, 9.17) is 11.6 Å². The van der Waals surface area contributed by atoms with Crippen LogP contribution in [0.25, 0.3) is 11.3 Å². The minimum absolute atomic E-state index is 0.0343. The molecule has 9 heteroatoms. The highest BCUT2D eigenvalue weighted by Gasteiger charge is 2.35. The summed E-state index contributed by atoms with van der Waals surface area (Å²) in [5.41, 5.74) is 0.746. The van der Waals surface area contributed by atoms with Crippen molar-refractivity contribution in [3.8, 4) is 11.3 Å². The Morgan fingerprint density at radius 3 is 2.62 bits per heavy atom. The van der Waals surface area contributed by atoms with Gasteiger partial charge in [0.05, 0.1) is 22.2 Å². The lowest BCUT2D eigenvalue weighted by molar-refractivity contribution is -0.134. The third kappa shape index (κ3) is 5.25. The number of halogens is 1. The summed E-state index contributed by atoms with van der Waals surface area (Å²) in [7, 11) is -3.13. The van der Waals surface area contributed by atoms with E-state index in [1.54, 1.807) is 29.2 Å². The number of hydrogen-bond acceptors (Lipinski definition) is 5. The molecule has 1 amide bonds. The molecule has 1 aliphatic heterocycles. The number of amides is 1. The average Bonchev–Trinajstić information content (AvgIpc) is 3.01. The highest BCUT2D eigenvalue weighted by molar-refractivity contribution is 7.91. The van der Waals surface area contributed by atoms with Gasteiger partial charge in [-0.2, -0.15) is 5.10 Å². The second-order valence-corrected chi connectivity index (χ2v) is 10.3. The molecular formula is C20H24ClN3O4S. The van der Waals surface area contributed by atoms with Crippen LogP contribution in [0.2, 0.25) is 5.02 Å². The topological polar surface area (TPSA) is 89.3 Å². The molecule has 1 fully saturated rings. The fraction of sp³-hybridized carbons (Fsp3) is 0.450. The van der Waals surface area contributed by atoms with Crippen LogP contribution >= 0.6 is 11.6 Å². The van der Waals surface area contributed by atoms with E-state index >= 15 is 0 Å². The maximum absolute atomic E-state index is 13.0. The van der Waals surface area contributed by atoms with Crippen LogP contribution in [-0.4, -0.2) is 53.1 Å². The molecule has 1 aromatic heterocycles. The molecule has 7 nitrogen and oxygen atoms in total. The lowest BCUT2D eigenvalue weighted by atomic mass is 10.1. The fourth-order valence-electron chi connectivity index (χ4n) is 3.46. The van der Waals surface area contributed by atoms with Crippen molar-refractivity contribution < 1.29 is 13.2 Å². The molecule has 2 heterocycles. The van der Waals surface area contributed by atoms with Gasteiger partial charge in [0.25, 0.3) is 5.56 Å². The average molecular weight is 438 g/mol. The lowest BCUT2D eigenvalue weighted by Crippen LogP contribution is -2.46. The maximum atomic E-state index is 13.0. The molecule has 29 heavy (non-hydrogen) atoms. The van der Waals surface area contributed by atoms with Gasteiger partial charge in [-0.15, -0.1) is 0 Å². The largest absolute Gasteiger partial charge is 0.337 e. The molecule has 0 N–H and O–H groups in total. The first kappa shape index (κ1) is 21.5. The van der Waals surface area contributed by atoms with Crippen LogP contribution in [0, 0.1) is 5.92 Å². The first-order valence-corrected chi connectivity index (χ1v) is 11.7. The van der Waals surface area contributed by atoms with Gasteiger partial charge in [0.2, 0.25) is 5.91 Å². The van der Waals surface area contributed by atoms with E-state index in [1.807, 2.05) is 19.9 Å². The van der Waals surface area contributed by atoms with Crippen LogP contribution in [0.3, 0.4) is 0 Å². The number of benzene rings is 1. The van der Waals surface area contributed by atoms with Crippen LogP contribution in [0.15, 0.2) is 41.2 Å². The molecule has 1 saturated heterocycles. The highest BCUT2D eigenvalue weighted by atomic mass is 35.5. The van der Waals surface area contributed by atoms with Crippen LogP contribution in [0.1, 0.15) is 20.3 Å². The third-order valence-corrected chi connectivity index (χ3v) is 6.91. The Bertz CT molecular complexity index is 1070. The molecule has 3 rings (SSSR count). The molecule has 1 atom stereocenters. The Balaban J connectivity index is 1.87. The Kier molecular flexibility index (Phi) is 6.43. The molecular weight excluding hydrogens is 414 g/mol. The zero-order chi connectivity index (χ0) is 21.2. The Hall–Kier alpha value is -2.19. The fourth-order valence-corrected chi connectivity index (χ4v) is 5.43. The van der Waals surface area contributed by atoms with E-state index in [0.717, 1.165) is 4.68 Å². The Morgan fingerprint density at radius 2 is 2.00 bits per heavy atom. The van der Waals surface area contributed by atoms with Crippen molar-refractivity contribution in [2.24, 2.45) is 5.92 Å². The van der Waals surface area contributed by atoms with Crippen LogP contribution < -0.4 is 5.56 Å². The van der Waals surface area contributed by atoms with Crippen LogP contribution in [0.5, 0.6) is 0 Å². The molecule has 0 unspecified atom stereocenters. The van der Waals surface area contributed by atoms with Gasteiger partial charge in [-0.05, 0) is 24.5 Å². The number of carbonyl (C=O) groups excluding carboxylic acids is 1. The van der Waals surface area contributed by atoms with Gasteiger partial charge in [-0.1, -0.05) is 43.6 Å². The predicted octanol–water partition coefficient (Wildman–Crippen LogP) is 2.24. The van der Waals surface area contributed by atoms with Gasteiger partial charge in [-0.25, -0.2) is 13.1 Å². The monoisotopic (exact) mass is 437 g/mol. The molecule has 2 aromatic rings. The number of carbonyl (C=O) groups is 1. The summed E-state index contributed by atoms with van der Waals surface area (Å²) in [5.74, 6) is -0.0965. The lowest BCUT2D eigenvalue weighted by Gasteiger charge is -2.30. The standard InChI is InChI=1S/C20H24ClN3O4S/c1-14(2)11-23(15-9-10-29(27,28)13-15)20(26)12-24-19(25)8-7-18(22-24)16-5-3-4-6-17(16)21/h3-8,14-15H,9-13H2,1-2H3/t15-/m1/s1. The molecule has 1 aliphatic rings. The number of sulfone groups is 1. The Labute approximate surface area is 175 Å². The number of aromatic nitrogens is 2. The summed E-state index contributed by atoms with van der Waals surface area (Å²) in [4.78, 5) is 26.9. The van der Waals surface area contributed by atoms with Gasteiger partial charge < -0.3 is 4.90 Å². The quantitative estimate of drug-likeness (QED) is 0.691. The van der Waals surface area contributed by atoms with E-state index in [1.165, 1.54) is 6.07 Å². The van der Waals surface area contributed by atoms with Crippen molar-refractivity contribution in [3.05, 3.63) is 51.8 Å². The molecule has 0 saturated carbocycles. The summed E-state index contributed by atoms with van der Waals surface area (Å²) < 4.78 is 24.9. The van der Waals surface area contributed by atoms with Crippen molar-refractivity contribution in [2.75, 3.05) is 18.1 Å². The van der Waals surface area contributed by atoms with Crippen molar-refractivity contribution >= 4 is 27.3 Å². The van der Waals surface area contributed by atoms with E-state index in [2.05, 4.69) is 5.10 Å². The number of nitrogens with zero attached hydrogens (tertiary/aromatic N) is 3. The third-order valence-electron chi connectivity index (χ3n) is 4.83. The van der Waals surface area contributed by atoms with Crippen molar-refractivity contribution in [3.63, 3.8) is 0 Å².